The maximum Gasteiger partial charge on any atom is 0.324 e. The number of rotatable bonds is 4. The van der Waals surface area contributed by atoms with Gasteiger partial charge in [0.15, 0.2) is 0 Å². The van der Waals surface area contributed by atoms with Gasteiger partial charge in [0.05, 0.1) is 0 Å². The first-order chi connectivity index (χ1) is 13.0. The van der Waals surface area contributed by atoms with Crippen molar-refractivity contribution in [3.8, 4) is 22.6 Å². The van der Waals surface area contributed by atoms with Gasteiger partial charge in [-0.3, -0.25) is 4.79 Å². The highest BCUT2D eigenvalue weighted by atomic mass is 35.5. The van der Waals surface area contributed by atoms with Crippen LogP contribution in [0.15, 0.2) is 72.8 Å². The minimum Gasteiger partial charge on any atom is -0.480 e. The molecule has 0 aliphatic heterocycles. The van der Waals surface area contributed by atoms with E-state index in [1.807, 2.05) is 60.7 Å². The molecule has 3 aromatic carbocycles. The van der Waals surface area contributed by atoms with Gasteiger partial charge in [0, 0.05) is 6.42 Å². The molecule has 0 saturated heterocycles. The third-order valence-electron chi connectivity index (χ3n) is 5.13. The number of aryl methyl sites for hydroxylation is 1. The number of hydrogen-bond acceptors (Lipinski definition) is 3. The summed E-state index contributed by atoms with van der Waals surface area (Å²) in [6.07, 6.45) is 1.44. The number of halogens is 1. The summed E-state index contributed by atoms with van der Waals surface area (Å²) < 4.78 is 6.05. The van der Waals surface area contributed by atoms with Gasteiger partial charge in [0.1, 0.15) is 17.0 Å². The van der Waals surface area contributed by atoms with Crippen molar-refractivity contribution in [2.75, 3.05) is 0 Å². The van der Waals surface area contributed by atoms with E-state index in [0.29, 0.717) is 25.0 Å². The van der Waals surface area contributed by atoms with E-state index in [0.717, 1.165) is 28.0 Å². The third-order valence-corrected chi connectivity index (χ3v) is 5.13. The third kappa shape index (κ3) is 4.03. The number of aliphatic carboxylic acids is 1. The molecule has 144 valence electrons. The molecular weight excluding hydrogens is 374 g/mol. The minimum atomic E-state index is -1.20. The Labute approximate surface area is 170 Å². The van der Waals surface area contributed by atoms with Gasteiger partial charge >= 0.3 is 5.97 Å². The topological polar surface area (TPSA) is 72.6 Å². The highest BCUT2D eigenvalue weighted by Crippen LogP contribution is 2.33. The molecule has 0 saturated carbocycles. The number of benzene rings is 3. The molecule has 3 N–H and O–H groups in total. The lowest BCUT2D eigenvalue weighted by Crippen LogP contribution is -2.52. The summed E-state index contributed by atoms with van der Waals surface area (Å²) in [5, 5.41) is 9.41. The van der Waals surface area contributed by atoms with Crippen molar-refractivity contribution in [2.24, 2.45) is 5.73 Å². The van der Waals surface area contributed by atoms with E-state index in [2.05, 4.69) is 12.1 Å². The van der Waals surface area contributed by atoms with E-state index >= 15 is 0 Å². The van der Waals surface area contributed by atoms with Crippen LogP contribution in [0.2, 0.25) is 0 Å². The molecule has 0 fully saturated rings. The van der Waals surface area contributed by atoms with Crippen LogP contribution in [0.4, 0.5) is 0 Å². The Hall–Kier alpha value is -2.82. The van der Waals surface area contributed by atoms with Crippen LogP contribution in [0.25, 0.3) is 11.1 Å². The number of hydrogen-bond donors (Lipinski definition) is 2. The average Bonchev–Trinajstić information content (AvgIpc) is 2.68. The lowest BCUT2D eigenvalue weighted by atomic mass is 9.78. The van der Waals surface area contributed by atoms with Crippen LogP contribution >= 0.6 is 12.4 Å². The summed E-state index contributed by atoms with van der Waals surface area (Å²) in [5.41, 5.74) is 9.17. The van der Waals surface area contributed by atoms with Gasteiger partial charge in [-0.05, 0) is 59.4 Å². The first-order valence-electron chi connectivity index (χ1n) is 9.01. The molecular formula is C23H22ClNO3. The zero-order valence-corrected chi connectivity index (χ0v) is 16.1. The number of carboxylic acids is 1. The standard InChI is InChI=1S/C23H21NO3.ClH/c24-23(22(25)26)12-11-17-9-10-21(14-19(17)15-23)27-20-8-4-7-18(13-20)16-5-2-1-3-6-16;/h1-10,13-14H,11-12,15,24H2,(H,25,26);1H. The molecule has 5 heteroatoms. The van der Waals surface area contributed by atoms with Gasteiger partial charge in [0.2, 0.25) is 0 Å². The molecule has 1 aliphatic rings. The van der Waals surface area contributed by atoms with Gasteiger partial charge in [-0.15, -0.1) is 12.4 Å². The lowest BCUT2D eigenvalue weighted by Gasteiger charge is -2.31. The quantitative estimate of drug-likeness (QED) is 0.663. The van der Waals surface area contributed by atoms with E-state index in [4.69, 9.17) is 10.5 Å². The number of carboxylic acid groups (broad SMARTS) is 1. The van der Waals surface area contributed by atoms with Crippen LogP contribution in [0.3, 0.4) is 0 Å². The second-order valence-corrected chi connectivity index (χ2v) is 7.06. The predicted octanol–water partition coefficient (Wildman–Crippen LogP) is 4.84. The van der Waals surface area contributed by atoms with E-state index in [1.165, 1.54) is 0 Å². The molecule has 0 amide bonds. The molecule has 4 nitrogen and oxygen atoms in total. The molecule has 0 spiro atoms. The number of fused-ring (bicyclic) bond motifs is 1. The van der Waals surface area contributed by atoms with Crippen molar-refractivity contribution >= 4 is 18.4 Å². The number of nitrogens with two attached hydrogens (primary N) is 1. The Morgan fingerprint density at radius 2 is 1.61 bits per heavy atom. The minimum absolute atomic E-state index is 0. The molecule has 1 unspecified atom stereocenters. The Balaban J connectivity index is 0.00000225. The van der Waals surface area contributed by atoms with Crippen molar-refractivity contribution in [3.63, 3.8) is 0 Å². The fourth-order valence-electron chi connectivity index (χ4n) is 3.55. The van der Waals surface area contributed by atoms with Gasteiger partial charge in [0.25, 0.3) is 0 Å². The highest BCUT2D eigenvalue weighted by molar-refractivity contribution is 5.85. The van der Waals surface area contributed by atoms with Gasteiger partial charge in [-0.25, -0.2) is 0 Å². The first kappa shape index (κ1) is 19.9. The van der Waals surface area contributed by atoms with Crippen molar-refractivity contribution < 1.29 is 14.6 Å². The Bertz CT molecular complexity index is 990. The predicted molar refractivity (Wildman–Crippen MR) is 112 cm³/mol. The van der Waals surface area contributed by atoms with Crippen LogP contribution in [-0.4, -0.2) is 16.6 Å². The average molecular weight is 396 g/mol. The molecule has 1 atom stereocenters. The van der Waals surface area contributed by atoms with Crippen LogP contribution in [0.5, 0.6) is 11.5 Å². The summed E-state index contributed by atoms with van der Waals surface area (Å²) in [4.78, 5) is 11.5. The van der Waals surface area contributed by atoms with Crippen molar-refractivity contribution in [1.29, 1.82) is 0 Å². The summed E-state index contributed by atoms with van der Waals surface area (Å²) in [5.74, 6) is 0.480. The highest BCUT2D eigenvalue weighted by Gasteiger charge is 2.37. The second-order valence-electron chi connectivity index (χ2n) is 7.06. The Morgan fingerprint density at radius 1 is 0.893 bits per heavy atom. The molecule has 4 rings (SSSR count). The van der Waals surface area contributed by atoms with Crippen molar-refractivity contribution in [1.82, 2.24) is 0 Å². The van der Waals surface area contributed by atoms with Crippen molar-refractivity contribution in [2.45, 2.75) is 24.8 Å². The molecule has 0 aromatic heterocycles. The van der Waals surface area contributed by atoms with Crippen LogP contribution in [-0.2, 0) is 17.6 Å². The van der Waals surface area contributed by atoms with Gasteiger partial charge in [-0.1, -0.05) is 48.5 Å². The molecule has 0 radical (unpaired) electrons. The summed E-state index contributed by atoms with van der Waals surface area (Å²) in [6, 6.07) is 23.9. The van der Waals surface area contributed by atoms with Crippen LogP contribution in [0, 0.1) is 0 Å². The lowest BCUT2D eigenvalue weighted by molar-refractivity contribution is -0.143. The maximum atomic E-state index is 11.5. The SMILES string of the molecule is Cl.NC1(C(=O)O)CCc2ccc(Oc3cccc(-c4ccccc4)c3)cc2C1. The van der Waals surface area contributed by atoms with Gasteiger partial charge in [-0.2, -0.15) is 0 Å². The van der Waals surface area contributed by atoms with E-state index < -0.39 is 11.5 Å². The molecule has 3 aromatic rings. The molecule has 28 heavy (non-hydrogen) atoms. The fraction of sp³-hybridized carbons (Fsp3) is 0.174. The smallest absolute Gasteiger partial charge is 0.324 e. The molecule has 1 aliphatic carbocycles. The van der Waals surface area contributed by atoms with E-state index in [1.54, 1.807) is 0 Å². The molecule has 0 bridgehead atoms. The Kier molecular flexibility index (Phi) is 5.73. The summed E-state index contributed by atoms with van der Waals surface area (Å²) >= 11 is 0. The largest absolute Gasteiger partial charge is 0.480 e. The van der Waals surface area contributed by atoms with Gasteiger partial charge < -0.3 is 15.6 Å². The van der Waals surface area contributed by atoms with Crippen LogP contribution in [0.1, 0.15) is 17.5 Å². The number of ether oxygens (including phenoxy) is 1. The van der Waals surface area contributed by atoms with Crippen LogP contribution < -0.4 is 10.5 Å². The maximum absolute atomic E-state index is 11.5. The second kappa shape index (κ2) is 8.05. The summed E-state index contributed by atoms with van der Waals surface area (Å²) in [6.45, 7) is 0. The number of carbonyl (C=O) groups is 1. The monoisotopic (exact) mass is 395 g/mol. The zero-order chi connectivity index (χ0) is 18.9. The molecule has 0 heterocycles. The fourth-order valence-corrected chi connectivity index (χ4v) is 3.55. The van der Waals surface area contributed by atoms with E-state index in [9.17, 15) is 9.90 Å². The first-order valence-corrected chi connectivity index (χ1v) is 9.01. The zero-order valence-electron chi connectivity index (χ0n) is 15.3. The van der Waals surface area contributed by atoms with Crippen molar-refractivity contribution in [3.05, 3.63) is 83.9 Å². The normalized spacial score (nSPS) is 17.9. The summed E-state index contributed by atoms with van der Waals surface area (Å²) in [7, 11) is 0. The van der Waals surface area contributed by atoms with E-state index in [-0.39, 0.29) is 12.4 Å². The Morgan fingerprint density at radius 3 is 2.36 bits per heavy atom.